The minimum Gasteiger partial charge on any atom is -0.504 e. The van der Waals surface area contributed by atoms with Crippen LogP contribution in [-0.4, -0.2) is 32.1 Å². The molecule has 0 saturated heterocycles. The van der Waals surface area contributed by atoms with Crippen molar-refractivity contribution in [3.05, 3.63) is 77.8 Å². The first-order valence-corrected chi connectivity index (χ1v) is 9.96. The van der Waals surface area contributed by atoms with Crippen LogP contribution in [0, 0.1) is 0 Å². The molecule has 5 rings (SSSR count). The van der Waals surface area contributed by atoms with Crippen molar-refractivity contribution in [2.75, 3.05) is 7.11 Å². The fraction of sp³-hybridized carbons (Fsp3) is 0.0417. The lowest BCUT2D eigenvalue weighted by atomic mass is 10.0. The quantitative estimate of drug-likeness (QED) is 0.338. The Morgan fingerprint density at radius 1 is 0.935 bits per heavy atom. The van der Waals surface area contributed by atoms with Crippen molar-refractivity contribution in [3.63, 3.8) is 0 Å². The lowest BCUT2D eigenvalue weighted by molar-refractivity contribution is 0.373. The maximum atomic E-state index is 11.2. The van der Waals surface area contributed by atoms with Crippen molar-refractivity contribution in [2.45, 2.75) is 0 Å². The fourth-order valence-electron chi connectivity index (χ4n) is 3.81. The van der Waals surface area contributed by atoms with Gasteiger partial charge in [-0.15, -0.1) is 0 Å². The predicted molar refractivity (Wildman–Crippen MR) is 121 cm³/mol. The van der Waals surface area contributed by atoms with Crippen LogP contribution in [-0.2, 0) is 0 Å². The summed E-state index contributed by atoms with van der Waals surface area (Å²) in [5, 5.41) is 30.1. The number of H-pyrrole nitrogens is 1. The van der Waals surface area contributed by atoms with Crippen molar-refractivity contribution in [3.8, 4) is 45.6 Å². The molecule has 0 aliphatic rings. The molecular formula is C24H18ClN3O3. The van der Waals surface area contributed by atoms with Gasteiger partial charge in [0.05, 0.1) is 18.2 Å². The maximum absolute atomic E-state index is 11.2. The van der Waals surface area contributed by atoms with E-state index in [1.54, 1.807) is 34.9 Å². The lowest BCUT2D eigenvalue weighted by Crippen LogP contribution is -1.98. The number of hydrogen-bond donors (Lipinski definition) is 3. The van der Waals surface area contributed by atoms with Crippen molar-refractivity contribution in [1.82, 2.24) is 14.8 Å². The van der Waals surface area contributed by atoms with E-state index in [2.05, 4.69) is 10.2 Å². The van der Waals surface area contributed by atoms with E-state index < -0.39 is 0 Å². The molecule has 0 amide bonds. The van der Waals surface area contributed by atoms with E-state index in [4.69, 9.17) is 16.3 Å². The van der Waals surface area contributed by atoms with E-state index in [9.17, 15) is 10.2 Å². The zero-order valence-corrected chi connectivity index (χ0v) is 17.3. The van der Waals surface area contributed by atoms with Gasteiger partial charge >= 0.3 is 0 Å². The second-order valence-corrected chi connectivity index (χ2v) is 7.50. The predicted octanol–water partition coefficient (Wildman–Crippen LogP) is 5.76. The van der Waals surface area contributed by atoms with Crippen LogP contribution in [0.1, 0.15) is 0 Å². The molecule has 154 valence electrons. The Labute approximate surface area is 182 Å². The van der Waals surface area contributed by atoms with Gasteiger partial charge in [0.15, 0.2) is 11.5 Å². The number of phenolic OH excluding ortho intramolecular Hbond substituents is 1. The molecule has 6 nitrogen and oxygen atoms in total. The third kappa shape index (κ3) is 3.08. The molecule has 0 bridgehead atoms. The molecule has 0 aliphatic carbocycles. The Bertz CT molecular complexity index is 1390. The molecule has 3 N–H and O–H groups in total. The number of methoxy groups -OCH3 is 1. The second kappa shape index (κ2) is 7.41. The molecule has 0 spiro atoms. The van der Waals surface area contributed by atoms with Crippen molar-refractivity contribution in [1.29, 1.82) is 0 Å². The highest BCUT2D eigenvalue weighted by molar-refractivity contribution is 6.30. The van der Waals surface area contributed by atoms with Crippen molar-refractivity contribution >= 4 is 22.5 Å². The van der Waals surface area contributed by atoms with E-state index in [1.165, 1.54) is 7.11 Å². The minimum atomic E-state index is 0.0223. The van der Waals surface area contributed by atoms with E-state index in [0.717, 1.165) is 22.2 Å². The average molecular weight is 432 g/mol. The smallest absolute Gasteiger partial charge is 0.222 e. The summed E-state index contributed by atoms with van der Waals surface area (Å²) in [5.41, 5.74) is 4.31. The number of nitrogens with one attached hydrogen (secondary N) is 1. The summed E-state index contributed by atoms with van der Waals surface area (Å²) in [6, 6.07) is 22.0. The highest BCUT2D eigenvalue weighted by Gasteiger charge is 2.25. The monoisotopic (exact) mass is 431 g/mol. The number of halogens is 1. The number of aromatic nitrogens is 3. The first kappa shape index (κ1) is 19.1. The zero-order chi connectivity index (χ0) is 21.5. The van der Waals surface area contributed by atoms with Gasteiger partial charge in [-0.3, -0.25) is 9.67 Å². The summed E-state index contributed by atoms with van der Waals surface area (Å²) in [7, 11) is 1.50. The third-order valence-corrected chi connectivity index (χ3v) is 5.50. The highest BCUT2D eigenvalue weighted by Crippen LogP contribution is 2.45. The lowest BCUT2D eigenvalue weighted by Gasteiger charge is -2.13. The number of aromatic amines is 1. The third-order valence-electron chi connectivity index (χ3n) is 5.25. The van der Waals surface area contributed by atoms with Crippen molar-refractivity contribution < 1.29 is 14.9 Å². The Morgan fingerprint density at radius 2 is 1.68 bits per heavy atom. The van der Waals surface area contributed by atoms with Crippen LogP contribution < -0.4 is 4.74 Å². The molecule has 2 heterocycles. The van der Waals surface area contributed by atoms with Crippen LogP contribution in [0.4, 0.5) is 0 Å². The molecule has 3 aromatic carbocycles. The fourth-order valence-corrected chi connectivity index (χ4v) is 3.93. The second-order valence-electron chi connectivity index (χ2n) is 7.06. The van der Waals surface area contributed by atoms with E-state index in [1.807, 2.05) is 42.5 Å². The highest BCUT2D eigenvalue weighted by atomic mass is 35.5. The van der Waals surface area contributed by atoms with E-state index >= 15 is 0 Å². The Hall–Kier alpha value is -3.90. The van der Waals surface area contributed by atoms with Crippen LogP contribution in [0.15, 0.2) is 72.8 Å². The molecule has 0 aliphatic heterocycles. The molecule has 0 atom stereocenters. The summed E-state index contributed by atoms with van der Waals surface area (Å²) >= 11 is 6.08. The Kier molecular flexibility index (Phi) is 4.56. The van der Waals surface area contributed by atoms with Gasteiger partial charge in [-0.2, -0.15) is 5.10 Å². The van der Waals surface area contributed by atoms with Crippen LogP contribution in [0.2, 0.25) is 5.02 Å². The van der Waals surface area contributed by atoms with Gasteiger partial charge < -0.3 is 14.9 Å². The number of hydrogen-bond acceptors (Lipinski definition) is 4. The molecule has 7 heteroatoms. The van der Waals surface area contributed by atoms with Crippen LogP contribution in [0.25, 0.3) is 39.1 Å². The zero-order valence-electron chi connectivity index (χ0n) is 16.5. The van der Waals surface area contributed by atoms with Gasteiger partial charge in [0.2, 0.25) is 5.88 Å². The SMILES string of the molecule is COc1cc(-c2c3c(-c4ccccc4)n[nH]c3c(O)n2-c2ccc(Cl)cc2)ccc1O. The molecular weight excluding hydrogens is 414 g/mol. The summed E-state index contributed by atoms with van der Waals surface area (Å²) < 4.78 is 7.05. The molecule has 5 aromatic rings. The molecule has 0 fully saturated rings. The summed E-state index contributed by atoms with van der Waals surface area (Å²) in [6.07, 6.45) is 0. The topological polar surface area (TPSA) is 83.3 Å². The number of aromatic hydroxyl groups is 2. The van der Waals surface area contributed by atoms with E-state index in [-0.39, 0.29) is 11.6 Å². The maximum Gasteiger partial charge on any atom is 0.222 e. The van der Waals surface area contributed by atoms with Gasteiger partial charge in [-0.25, -0.2) is 0 Å². The van der Waals surface area contributed by atoms with Gasteiger partial charge in [0.25, 0.3) is 0 Å². The number of nitrogens with zero attached hydrogens (tertiary/aromatic N) is 2. The normalized spacial score (nSPS) is 11.2. The Balaban J connectivity index is 1.88. The number of ether oxygens (including phenoxy) is 1. The first-order chi connectivity index (χ1) is 15.1. The van der Waals surface area contributed by atoms with Crippen LogP contribution in [0.5, 0.6) is 17.4 Å². The van der Waals surface area contributed by atoms with Crippen LogP contribution >= 0.6 is 11.6 Å². The summed E-state index contributed by atoms with van der Waals surface area (Å²) in [6.45, 7) is 0. The van der Waals surface area contributed by atoms with Gasteiger partial charge in [0, 0.05) is 21.8 Å². The first-order valence-electron chi connectivity index (χ1n) is 9.59. The molecule has 0 saturated carbocycles. The summed E-state index contributed by atoms with van der Waals surface area (Å²) in [5.74, 6) is 0.389. The van der Waals surface area contributed by atoms with Gasteiger partial charge in [-0.05, 0) is 42.5 Å². The minimum absolute atomic E-state index is 0.0223. The van der Waals surface area contributed by atoms with Crippen LogP contribution in [0.3, 0.4) is 0 Å². The van der Waals surface area contributed by atoms with Crippen molar-refractivity contribution in [2.24, 2.45) is 0 Å². The Morgan fingerprint density at radius 3 is 2.39 bits per heavy atom. The molecule has 0 radical (unpaired) electrons. The molecule has 0 unspecified atom stereocenters. The number of rotatable bonds is 4. The van der Waals surface area contributed by atoms with Gasteiger partial charge in [0.1, 0.15) is 11.2 Å². The standard InChI is InChI=1S/C24H18ClN3O3/c1-31-19-13-15(7-12-18(19)29)23-20-21(14-5-3-2-4-6-14)26-27-22(20)24(30)28(23)17-10-8-16(25)9-11-17/h2-13,27,29-30H,1H3. The number of fused-ring (bicyclic) bond motifs is 1. The van der Waals surface area contributed by atoms with E-state index in [0.29, 0.717) is 27.7 Å². The molecule has 31 heavy (non-hydrogen) atoms. The molecule has 2 aromatic heterocycles. The average Bonchev–Trinajstić information content (AvgIpc) is 3.35. The largest absolute Gasteiger partial charge is 0.504 e. The van der Waals surface area contributed by atoms with Gasteiger partial charge in [-0.1, -0.05) is 41.9 Å². The number of phenols is 1. The number of benzene rings is 3. The summed E-state index contributed by atoms with van der Waals surface area (Å²) in [4.78, 5) is 0.